The number of benzene rings is 2. The minimum atomic E-state index is -0.0569. The molecule has 0 radical (unpaired) electrons. The predicted molar refractivity (Wildman–Crippen MR) is 74.1 cm³/mol. The summed E-state index contributed by atoms with van der Waals surface area (Å²) in [4.78, 5) is 0. The van der Waals surface area contributed by atoms with Crippen LogP contribution in [0.4, 0.5) is 0 Å². The molecule has 4 nitrogen and oxygen atoms in total. The van der Waals surface area contributed by atoms with Crippen LogP contribution in [0.1, 0.15) is 5.76 Å². The molecule has 0 saturated heterocycles. The first-order chi connectivity index (χ1) is 9.67. The zero-order chi connectivity index (χ0) is 14.1. The smallest absolute Gasteiger partial charge is 0.204 e. The second-order valence-electron chi connectivity index (χ2n) is 4.10. The molecule has 0 amide bonds. The molecule has 1 heterocycles. The number of aromatic hydroxyl groups is 1. The molecule has 0 aliphatic heterocycles. The Morgan fingerprint density at radius 1 is 1.15 bits per heavy atom. The normalized spacial score (nSPS) is 10.4. The van der Waals surface area contributed by atoms with Gasteiger partial charge in [-0.1, -0.05) is 17.7 Å². The highest BCUT2D eigenvalue weighted by atomic mass is 35.5. The molecule has 5 heteroatoms. The van der Waals surface area contributed by atoms with Crippen molar-refractivity contribution in [1.29, 1.82) is 5.26 Å². The van der Waals surface area contributed by atoms with Gasteiger partial charge in [0.1, 0.15) is 17.4 Å². The third-order valence-corrected chi connectivity index (χ3v) is 3.01. The Hall–Kier alpha value is -2.64. The molecule has 1 aromatic heterocycles. The van der Waals surface area contributed by atoms with Crippen molar-refractivity contribution in [1.82, 2.24) is 0 Å². The van der Waals surface area contributed by atoms with Gasteiger partial charge in [0.2, 0.25) is 5.76 Å². The van der Waals surface area contributed by atoms with E-state index in [1.54, 1.807) is 36.4 Å². The molecule has 0 bridgehead atoms. The Bertz CT molecular complexity index is 833. The lowest BCUT2D eigenvalue weighted by Crippen LogP contribution is -1.85. The zero-order valence-corrected chi connectivity index (χ0v) is 10.9. The molecule has 3 rings (SSSR count). The van der Waals surface area contributed by atoms with Gasteiger partial charge in [0.05, 0.1) is 5.39 Å². The number of halogens is 1. The average molecular weight is 286 g/mol. The van der Waals surface area contributed by atoms with Gasteiger partial charge in [-0.05, 0) is 24.3 Å². The van der Waals surface area contributed by atoms with Gasteiger partial charge in [-0.25, -0.2) is 0 Å². The number of phenols is 1. The fourth-order valence-corrected chi connectivity index (χ4v) is 2.04. The van der Waals surface area contributed by atoms with Crippen molar-refractivity contribution >= 4 is 22.6 Å². The number of hydrogen-bond donors (Lipinski definition) is 1. The lowest BCUT2D eigenvalue weighted by atomic mass is 10.2. The average Bonchev–Trinajstić information content (AvgIpc) is 2.86. The number of rotatable bonds is 2. The van der Waals surface area contributed by atoms with E-state index in [-0.39, 0.29) is 17.3 Å². The maximum absolute atomic E-state index is 9.79. The molecule has 0 spiro atoms. The number of nitriles is 1. The Kier molecular flexibility index (Phi) is 2.97. The van der Waals surface area contributed by atoms with Gasteiger partial charge in [-0.15, -0.1) is 0 Å². The number of ether oxygens (including phenoxy) is 1. The molecule has 3 aromatic rings. The summed E-state index contributed by atoms with van der Waals surface area (Å²) in [6, 6.07) is 13.3. The van der Waals surface area contributed by atoms with Crippen molar-refractivity contribution < 1.29 is 14.3 Å². The van der Waals surface area contributed by atoms with Crippen molar-refractivity contribution in [3.05, 3.63) is 53.2 Å². The Balaban J connectivity index is 2.06. The summed E-state index contributed by atoms with van der Waals surface area (Å²) in [5.74, 6) is 0.918. The molecular weight excluding hydrogens is 278 g/mol. The van der Waals surface area contributed by atoms with Gasteiger partial charge >= 0.3 is 0 Å². The number of nitrogens with zero attached hydrogens (tertiary/aromatic N) is 1. The molecule has 0 aliphatic rings. The molecule has 1 N–H and O–H groups in total. The van der Waals surface area contributed by atoms with Crippen LogP contribution in [0.3, 0.4) is 0 Å². The number of fused-ring (bicyclic) bond motifs is 1. The first-order valence-electron chi connectivity index (χ1n) is 5.76. The minimum absolute atomic E-state index is 0.0569. The van der Waals surface area contributed by atoms with E-state index >= 15 is 0 Å². The minimum Gasteiger partial charge on any atom is -0.504 e. The van der Waals surface area contributed by atoms with Crippen molar-refractivity contribution in [2.75, 3.05) is 0 Å². The van der Waals surface area contributed by atoms with Gasteiger partial charge in [0.25, 0.3) is 0 Å². The van der Waals surface area contributed by atoms with E-state index in [0.717, 1.165) is 0 Å². The third-order valence-electron chi connectivity index (χ3n) is 2.77. The van der Waals surface area contributed by atoms with Crippen LogP contribution in [0.25, 0.3) is 11.0 Å². The maximum Gasteiger partial charge on any atom is 0.204 e. The molecule has 98 valence electrons. The van der Waals surface area contributed by atoms with Crippen LogP contribution < -0.4 is 4.74 Å². The standard InChI is InChI=1S/C15H8ClNO3/c16-9-4-5-15(12(18)6-9)20-14-3-1-2-13-11(14)7-10(8-17)19-13/h1-7,18H. The van der Waals surface area contributed by atoms with Crippen molar-refractivity contribution in [2.45, 2.75) is 0 Å². The van der Waals surface area contributed by atoms with Crippen LogP contribution >= 0.6 is 11.6 Å². The quantitative estimate of drug-likeness (QED) is 0.755. The monoisotopic (exact) mass is 285 g/mol. The van der Waals surface area contributed by atoms with Gasteiger partial charge in [0.15, 0.2) is 11.5 Å². The van der Waals surface area contributed by atoms with Gasteiger partial charge in [-0.3, -0.25) is 0 Å². The van der Waals surface area contributed by atoms with Crippen LogP contribution in [0, 0.1) is 11.3 Å². The topological polar surface area (TPSA) is 66.4 Å². The zero-order valence-electron chi connectivity index (χ0n) is 10.1. The second kappa shape index (κ2) is 4.80. The van der Waals surface area contributed by atoms with Crippen molar-refractivity contribution in [3.8, 4) is 23.3 Å². The number of hydrogen-bond acceptors (Lipinski definition) is 4. The van der Waals surface area contributed by atoms with Crippen LogP contribution in [-0.4, -0.2) is 5.11 Å². The fraction of sp³-hybridized carbons (Fsp3) is 0. The highest BCUT2D eigenvalue weighted by Gasteiger charge is 2.11. The van der Waals surface area contributed by atoms with Crippen LogP contribution in [0.15, 0.2) is 46.9 Å². The van der Waals surface area contributed by atoms with Crippen LogP contribution in [-0.2, 0) is 0 Å². The van der Waals surface area contributed by atoms with E-state index in [1.165, 1.54) is 6.07 Å². The van der Waals surface area contributed by atoms with E-state index in [2.05, 4.69) is 0 Å². The molecule has 0 fully saturated rings. The van der Waals surface area contributed by atoms with E-state index in [0.29, 0.717) is 21.7 Å². The number of furan rings is 1. The lowest BCUT2D eigenvalue weighted by Gasteiger charge is -2.08. The fourth-order valence-electron chi connectivity index (χ4n) is 1.87. The maximum atomic E-state index is 9.79. The van der Waals surface area contributed by atoms with Crippen molar-refractivity contribution in [3.63, 3.8) is 0 Å². The first kappa shape index (κ1) is 12.4. The molecule has 0 aliphatic carbocycles. The largest absolute Gasteiger partial charge is 0.504 e. The summed E-state index contributed by atoms with van der Waals surface area (Å²) in [6.07, 6.45) is 0. The summed E-state index contributed by atoms with van der Waals surface area (Å²) in [6.45, 7) is 0. The van der Waals surface area contributed by atoms with E-state index in [4.69, 9.17) is 26.0 Å². The summed E-state index contributed by atoms with van der Waals surface area (Å²) in [5, 5.41) is 19.7. The Morgan fingerprint density at radius 2 is 2.00 bits per heavy atom. The highest BCUT2D eigenvalue weighted by Crippen LogP contribution is 2.36. The summed E-state index contributed by atoms with van der Waals surface area (Å²) < 4.78 is 11.0. The summed E-state index contributed by atoms with van der Waals surface area (Å²) in [5.41, 5.74) is 0.549. The molecule has 20 heavy (non-hydrogen) atoms. The van der Waals surface area contributed by atoms with Crippen molar-refractivity contribution in [2.24, 2.45) is 0 Å². The molecule has 0 atom stereocenters. The van der Waals surface area contributed by atoms with Gasteiger partial charge in [0, 0.05) is 17.2 Å². The lowest BCUT2D eigenvalue weighted by molar-refractivity contribution is 0.413. The second-order valence-corrected chi connectivity index (χ2v) is 4.54. The highest BCUT2D eigenvalue weighted by molar-refractivity contribution is 6.30. The Labute approximate surface area is 119 Å². The van der Waals surface area contributed by atoms with E-state index in [1.807, 2.05) is 6.07 Å². The molecule has 0 unspecified atom stereocenters. The SMILES string of the molecule is N#Cc1cc2c(Oc3ccc(Cl)cc3O)cccc2o1. The summed E-state index contributed by atoms with van der Waals surface area (Å²) in [7, 11) is 0. The van der Waals surface area contributed by atoms with E-state index < -0.39 is 0 Å². The first-order valence-corrected chi connectivity index (χ1v) is 6.14. The molecule has 0 saturated carbocycles. The number of phenolic OH excluding ortho intramolecular Hbond substituents is 1. The van der Waals surface area contributed by atoms with Crippen LogP contribution in [0.5, 0.6) is 17.2 Å². The Morgan fingerprint density at radius 3 is 2.75 bits per heavy atom. The predicted octanol–water partition coefficient (Wildman–Crippen LogP) is 4.46. The van der Waals surface area contributed by atoms with Gasteiger partial charge in [-0.2, -0.15) is 5.26 Å². The third kappa shape index (κ3) is 2.15. The molecular formula is C15H8ClNO3. The van der Waals surface area contributed by atoms with E-state index in [9.17, 15) is 5.11 Å². The molecule has 2 aromatic carbocycles. The van der Waals surface area contributed by atoms with Crippen LogP contribution in [0.2, 0.25) is 5.02 Å². The van der Waals surface area contributed by atoms with Gasteiger partial charge < -0.3 is 14.3 Å². The summed E-state index contributed by atoms with van der Waals surface area (Å²) >= 11 is 5.77.